The highest BCUT2D eigenvalue weighted by Crippen LogP contribution is 2.19. The second-order valence-corrected chi connectivity index (χ2v) is 5.07. The van der Waals surface area contributed by atoms with Gasteiger partial charge in [-0.05, 0) is 16.7 Å². The summed E-state index contributed by atoms with van der Waals surface area (Å²) >= 11 is 0. The molecule has 0 saturated carbocycles. The minimum absolute atomic E-state index is 0.299. The fourth-order valence-electron chi connectivity index (χ4n) is 2.28. The topological polar surface area (TPSA) is 75.6 Å². The van der Waals surface area contributed by atoms with Gasteiger partial charge in [0.15, 0.2) is 0 Å². The molecule has 0 heterocycles. The zero-order chi connectivity index (χ0) is 16.7. The number of hydrogen-bond donors (Lipinski definition) is 2. The van der Waals surface area contributed by atoms with E-state index in [0.717, 1.165) is 16.7 Å². The maximum Gasteiger partial charge on any atom is 0.328 e. The third kappa shape index (κ3) is 4.66. The summed E-state index contributed by atoms with van der Waals surface area (Å²) in [6, 6.07) is 16.9. The summed E-state index contributed by atoms with van der Waals surface area (Å²) in [6.45, 7) is -0.666. The molecule has 0 aromatic heterocycles. The third-order valence-electron chi connectivity index (χ3n) is 3.47. The standard InChI is InChI=1S/C18H19NO4/c1-23-18(22)16(19-17(21)12-20)11-13-7-9-15(10-8-13)14-5-3-2-4-6-14/h2-10,16,20H,11-12H2,1H3,(H,19,21)/t16-/m1/s1. The number of aliphatic hydroxyl groups excluding tert-OH is 1. The van der Waals surface area contributed by atoms with E-state index in [1.54, 1.807) is 0 Å². The average molecular weight is 313 g/mol. The molecule has 1 amide bonds. The molecule has 5 nitrogen and oxygen atoms in total. The Morgan fingerprint density at radius 3 is 2.22 bits per heavy atom. The summed E-state index contributed by atoms with van der Waals surface area (Å²) in [5.41, 5.74) is 3.07. The number of aliphatic hydroxyl groups is 1. The van der Waals surface area contributed by atoms with Gasteiger partial charge >= 0.3 is 5.97 Å². The highest BCUT2D eigenvalue weighted by Gasteiger charge is 2.21. The SMILES string of the molecule is COC(=O)[C@@H](Cc1ccc(-c2ccccc2)cc1)NC(=O)CO. The lowest BCUT2D eigenvalue weighted by Gasteiger charge is -2.16. The smallest absolute Gasteiger partial charge is 0.328 e. The minimum Gasteiger partial charge on any atom is -0.467 e. The maximum absolute atomic E-state index is 11.7. The lowest BCUT2D eigenvalue weighted by molar-refractivity contribution is -0.145. The quantitative estimate of drug-likeness (QED) is 0.793. The van der Waals surface area contributed by atoms with Crippen LogP contribution in [0.1, 0.15) is 5.56 Å². The van der Waals surface area contributed by atoms with E-state index in [1.165, 1.54) is 7.11 Å². The van der Waals surface area contributed by atoms with Crippen molar-refractivity contribution in [1.82, 2.24) is 5.32 Å². The number of nitrogens with one attached hydrogen (secondary N) is 1. The molecule has 23 heavy (non-hydrogen) atoms. The monoisotopic (exact) mass is 313 g/mol. The van der Waals surface area contributed by atoms with Gasteiger partial charge in [-0.25, -0.2) is 4.79 Å². The Morgan fingerprint density at radius 1 is 1.04 bits per heavy atom. The van der Waals surface area contributed by atoms with Crippen molar-refractivity contribution >= 4 is 11.9 Å². The molecule has 0 radical (unpaired) electrons. The zero-order valence-electron chi connectivity index (χ0n) is 12.9. The van der Waals surface area contributed by atoms with Crippen LogP contribution < -0.4 is 5.32 Å². The second-order valence-electron chi connectivity index (χ2n) is 5.07. The molecule has 0 aliphatic heterocycles. The first-order chi connectivity index (χ1) is 11.1. The third-order valence-corrected chi connectivity index (χ3v) is 3.47. The molecule has 1 atom stereocenters. The first-order valence-corrected chi connectivity index (χ1v) is 7.26. The molecule has 2 aromatic rings. The van der Waals surface area contributed by atoms with Gasteiger partial charge in [0, 0.05) is 6.42 Å². The van der Waals surface area contributed by atoms with Crippen molar-refractivity contribution in [2.24, 2.45) is 0 Å². The van der Waals surface area contributed by atoms with E-state index in [0.29, 0.717) is 6.42 Å². The van der Waals surface area contributed by atoms with Crippen molar-refractivity contribution in [3.05, 3.63) is 60.2 Å². The number of esters is 1. The van der Waals surface area contributed by atoms with Crippen LogP contribution >= 0.6 is 0 Å². The number of amides is 1. The number of rotatable bonds is 6. The number of carbonyl (C=O) groups excluding carboxylic acids is 2. The van der Waals surface area contributed by atoms with E-state index in [9.17, 15) is 9.59 Å². The van der Waals surface area contributed by atoms with Gasteiger partial charge in [0.2, 0.25) is 5.91 Å². The number of carbonyl (C=O) groups is 2. The fraction of sp³-hybridized carbons (Fsp3) is 0.222. The van der Waals surface area contributed by atoms with Crippen molar-refractivity contribution in [2.45, 2.75) is 12.5 Å². The summed E-state index contributed by atoms with van der Waals surface area (Å²) in [7, 11) is 1.26. The van der Waals surface area contributed by atoms with Crippen molar-refractivity contribution in [1.29, 1.82) is 0 Å². The van der Waals surface area contributed by atoms with Gasteiger partial charge in [-0.1, -0.05) is 54.6 Å². The predicted molar refractivity (Wildman–Crippen MR) is 86.6 cm³/mol. The molecule has 120 valence electrons. The zero-order valence-corrected chi connectivity index (χ0v) is 12.9. The van der Waals surface area contributed by atoms with Crippen LogP contribution in [0, 0.1) is 0 Å². The first-order valence-electron chi connectivity index (χ1n) is 7.26. The van der Waals surface area contributed by atoms with E-state index in [4.69, 9.17) is 5.11 Å². The van der Waals surface area contributed by atoms with Crippen LogP contribution in [0.2, 0.25) is 0 Å². The predicted octanol–water partition coefficient (Wildman–Crippen LogP) is 1.55. The Balaban J connectivity index is 2.11. The van der Waals surface area contributed by atoms with Crippen molar-refractivity contribution < 1.29 is 19.4 Å². The Hall–Kier alpha value is -2.66. The van der Waals surface area contributed by atoms with E-state index in [1.807, 2.05) is 54.6 Å². The largest absolute Gasteiger partial charge is 0.467 e. The summed E-state index contributed by atoms with van der Waals surface area (Å²) in [5, 5.41) is 11.3. The van der Waals surface area contributed by atoms with Gasteiger partial charge in [0.25, 0.3) is 0 Å². The van der Waals surface area contributed by atoms with Gasteiger partial charge in [-0.15, -0.1) is 0 Å². The Bertz CT molecular complexity index is 652. The van der Waals surface area contributed by atoms with E-state index < -0.39 is 24.5 Å². The number of hydrogen-bond acceptors (Lipinski definition) is 4. The molecular formula is C18H19NO4. The highest BCUT2D eigenvalue weighted by atomic mass is 16.5. The van der Waals surface area contributed by atoms with Crippen LogP contribution in [0.5, 0.6) is 0 Å². The lowest BCUT2D eigenvalue weighted by Crippen LogP contribution is -2.44. The first kappa shape index (κ1) is 16.7. The van der Waals surface area contributed by atoms with Crippen LogP contribution in [0.4, 0.5) is 0 Å². The summed E-state index contributed by atoms with van der Waals surface area (Å²) in [5.74, 6) is -1.15. The van der Waals surface area contributed by atoms with Crippen LogP contribution in [-0.2, 0) is 20.7 Å². The van der Waals surface area contributed by atoms with Gasteiger partial charge in [-0.2, -0.15) is 0 Å². The summed E-state index contributed by atoms with van der Waals surface area (Å²) in [4.78, 5) is 23.0. The maximum atomic E-state index is 11.7. The number of benzene rings is 2. The lowest BCUT2D eigenvalue weighted by atomic mass is 10.0. The normalized spacial score (nSPS) is 11.6. The van der Waals surface area contributed by atoms with Crippen molar-refractivity contribution in [3.63, 3.8) is 0 Å². The second kappa shape index (κ2) is 8.10. The molecule has 2 rings (SSSR count). The molecule has 0 aliphatic carbocycles. The molecule has 0 unspecified atom stereocenters. The van der Waals surface area contributed by atoms with Gasteiger partial charge in [-0.3, -0.25) is 4.79 Å². The molecular weight excluding hydrogens is 294 g/mol. The van der Waals surface area contributed by atoms with Crippen LogP contribution in [-0.4, -0.2) is 36.7 Å². The Kier molecular flexibility index (Phi) is 5.88. The molecule has 2 N–H and O–H groups in total. The molecule has 0 fully saturated rings. The highest BCUT2D eigenvalue weighted by molar-refractivity contribution is 5.85. The van der Waals surface area contributed by atoms with Crippen LogP contribution in [0.25, 0.3) is 11.1 Å². The Labute approximate surface area is 134 Å². The Morgan fingerprint density at radius 2 is 1.65 bits per heavy atom. The molecule has 5 heteroatoms. The summed E-state index contributed by atoms with van der Waals surface area (Å²) in [6.07, 6.45) is 0.299. The van der Waals surface area contributed by atoms with E-state index >= 15 is 0 Å². The fourth-order valence-corrected chi connectivity index (χ4v) is 2.28. The van der Waals surface area contributed by atoms with Gasteiger partial charge < -0.3 is 15.2 Å². The van der Waals surface area contributed by atoms with Crippen LogP contribution in [0.3, 0.4) is 0 Å². The molecule has 0 spiro atoms. The summed E-state index contributed by atoms with van der Waals surface area (Å²) < 4.78 is 4.69. The average Bonchev–Trinajstić information content (AvgIpc) is 2.61. The van der Waals surface area contributed by atoms with Crippen LogP contribution in [0.15, 0.2) is 54.6 Å². The van der Waals surface area contributed by atoms with E-state index in [-0.39, 0.29) is 0 Å². The minimum atomic E-state index is -0.817. The van der Waals surface area contributed by atoms with E-state index in [2.05, 4.69) is 10.1 Å². The van der Waals surface area contributed by atoms with Crippen molar-refractivity contribution in [2.75, 3.05) is 13.7 Å². The molecule has 0 aliphatic rings. The van der Waals surface area contributed by atoms with Gasteiger partial charge in [0.1, 0.15) is 12.6 Å². The number of ether oxygens (including phenoxy) is 1. The van der Waals surface area contributed by atoms with Crippen molar-refractivity contribution in [3.8, 4) is 11.1 Å². The molecule has 2 aromatic carbocycles. The molecule has 0 bridgehead atoms. The number of methoxy groups -OCH3 is 1. The van der Waals surface area contributed by atoms with Gasteiger partial charge in [0.05, 0.1) is 7.11 Å². The molecule has 0 saturated heterocycles.